The molecule has 5 rings (SSSR count). The molecule has 0 saturated heterocycles. The summed E-state index contributed by atoms with van der Waals surface area (Å²) < 4.78 is 0. The number of phenols is 1. The van der Waals surface area contributed by atoms with Crippen molar-refractivity contribution in [2.75, 3.05) is 39.6 Å². The van der Waals surface area contributed by atoms with Gasteiger partial charge in [0.15, 0.2) is 11.4 Å². The SMILES string of the molecule is CN(C)c1cc(CNCC2CC2)c(O)c2c1C[C@@H]1C[C@@H]3C(N(C)C)C(=O)C(C(N)=O)=C(O)[C@]3(O)C(=O)C1=C2O. The van der Waals surface area contributed by atoms with Gasteiger partial charge in [-0.1, -0.05) is 0 Å². The Balaban J connectivity index is 1.67. The zero-order valence-corrected chi connectivity index (χ0v) is 22.6. The molecular formula is C28H36N4O7. The first kappa shape index (κ1) is 27.2. The van der Waals surface area contributed by atoms with E-state index in [0.717, 1.165) is 12.2 Å². The number of nitrogens with zero attached hydrogens (tertiary/aromatic N) is 2. The number of aromatic hydroxyl groups is 1. The Kier molecular flexibility index (Phi) is 6.52. The third-order valence-electron chi connectivity index (χ3n) is 8.70. The molecule has 1 aromatic rings. The molecule has 39 heavy (non-hydrogen) atoms. The van der Waals surface area contributed by atoms with Crippen molar-refractivity contribution < 1.29 is 34.8 Å². The molecule has 11 heteroatoms. The number of aliphatic hydroxyl groups excluding tert-OH is 2. The lowest BCUT2D eigenvalue weighted by molar-refractivity contribution is -0.153. The second-order valence-electron chi connectivity index (χ2n) is 11.7. The van der Waals surface area contributed by atoms with Gasteiger partial charge in [-0.2, -0.15) is 0 Å². The molecule has 1 amide bonds. The number of carbonyl (C=O) groups is 3. The van der Waals surface area contributed by atoms with E-state index in [0.29, 0.717) is 23.6 Å². The molecule has 0 bridgehead atoms. The lowest BCUT2D eigenvalue weighted by Gasteiger charge is -2.50. The number of nitrogens with two attached hydrogens (primary N) is 1. The number of primary amides is 1. The first-order valence-electron chi connectivity index (χ1n) is 13.2. The predicted molar refractivity (Wildman–Crippen MR) is 143 cm³/mol. The third kappa shape index (κ3) is 4.02. The van der Waals surface area contributed by atoms with Crippen molar-refractivity contribution in [2.24, 2.45) is 23.5 Å². The largest absolute Gasteiger partial charge is 0.508 e. The summed E-state index contributed by atoms with van der Waals surface area (Å²) >= 11 is 0. The number of hydrogen-bond donors (Lipinski definition) is 6. The van der Waals surface area contributed by atoms with Crippen LogP contribution in [-0.4, -0.2) is 89.2 Å². The molecule has 0 radical (unpaired) electrons. The fourth-order valence-corrected chi connectivity index (χ4v) is 6.61. The Bertz CT molecular complexity index is 1340. The minimum Gasteiger partial charge on any atom is -0.508 e. The monoisotopic (exact) mass is 540 g/mol. The number of nitrogens with one attached hydrogen (secondary N) is 1. The van der Waals surface area contributed by atoms with Crippen LogP contribution in [0.2, 0.25) is 0 Å². The Morgan fingerprint density at radius 3 is 2.38 bits per heavy atom. The lowest BCUT2D eigenvalue weighted by atomic mass is 9.57. The zero-order valence-electron chi connectivity index (χ0n) is 22.6. The van der Waals surface area contributed by atoms with Gasteiger partial charge >= 0.3 is 0 Å². The van der Waals surface area contributed by atoms with E-state index in [9.17, 15) is 34.8 Å². The number of hydrogen-bond acceptors (Lipinski definition) is 10. The number of Topliss-reactive ketones (excluding diaryl/α,β-unsaturated/α-hetero) is 2. The lowest BCUT2D eigenvalue weighted by Crippen LogP contribution is -2.65. The van der Waals surface area contributed by atoms with Crippen LogP contribution in [0.15, 0.2) is 23.0 Å². The second-order valence-corrected chi connectivity index (χ2v) is 11.7. The molecule has 4 aliphatic rings. The normalized spacial score (nSPS) is 28.4. The highest BCUT2D eigenvalue weighted by atomic mass is 16.3. The molecule has 210 valence electrons. The van der Waals surface area contributed by atoms with Gasteiger partial charge in [0.2, 0.25) is 5.78 Å². The Morgan fingerprint density at radius 2 is 1.82 bits per heavy atom. The summed E-state index contributed by atoms with van der Waals surface area (Å²) in [5, 5.41) is 48.9. The van der Waals surface area contributed by atoms with E-state index in [4.69, 9.17) is 5.73 Å². The average Bonchev–Trinajstić information content (AvgIpc) is 3.66. The van der Waals surface area contributed by atoms with Crippen LogP contribution in [0.3, 0.4) is 0 Å². The van der Waals surface area contributed by atoms with Crippen molar-refractivity contribution >= 4 is 28.9 Å². The Labute approximate surface area is 226 Å². The van der Waals surface area contributed by atoms with Crippen molar-refractivity contribution in [3.8, 4) is 5.75 Å². The second kappa shape index (κ2) is 9.35. The van der Waals surface area contributed by atoms with E-state index in [1.165, 1.54) is 17.7 Å². The van der Waals surface area contributed by atoms with Crippen molar-refractivity contribution in [1.82, 2.24) is 10.2 Å². The number of benzene rings is 1. The van der Waals surface area contributed by atoms with Crippen molar-refractivity contribution in [3.63, 3.8) is 0 Å². The van der Waals surface area contributed by atoms with Crippen LogP contribution in [0.5, 0.6) is 5.75 Å². The number of amides is 1. The van der Waals surface area contributed by atoms with Gasteiger partial charge in [0.05, 0.1) is 11.6 Å². The van der Waals surface area contributed by atoms with E-state index in [1.807, 2.05) is 25.1 Å². The van der Waals surface area contributed by atoms with Crippen LogP contribution >= 0.6 is 0 Å². The summed E-state index contributed by atoms with van der Waals surface area (Å²) in [5.41, 5.74) is 3.85. The maximum absolute atomic E-state index is 14.0. The number of carbonyl (C=O) groups excluding carboxylic acids is 3. The molecule has 1 unspecified atom stereocenters. The first-order chi connectivity index (χ1) is 18.3. The number of anilines is 1. The summed E-state index contributed by atoms with van der Waals surface area (Å²) in [5.74, 6) is -5.83. The molecule has 0 spiro atoms. The summed E-state index contributed by atoms with van der Waals surface area (Å²) in [6.07, 6.45) is 2.66. The van der Waals surface area contributed by atoms with Gasteiger partial charge in [-0.25, -0.2) is 0 Å². The Hall–Kier alpha value is -3.41. The predicted octanol–water partition coefficient (Wildman–Crippen LogP) is 0.530. The molecule has 4 atom stereocenters. The van der Waals surface area contributed by atoms with Gasteiger partial charge in [-0.05, 0) is 69.8 Å². The van der Waals surface area contributed by atoms with E-state index in [2.05, 4.69) is 5.32 Å². The molecule has 2 fully saturated rings. The van der Waals surface area contributed by atoms with Crippen LogP contribution < -0.4 is 16.0 Å². The number of ketones is 2. The molecule has 0 aliphatic heterocycles. The van der Waals surface area contributed by atoms with Crippen molar-refractivity contribution in [3.05, 3.63) is 39.7 Å². The number of aliphatic hydroxyl groups is 3. The summed E-state index contributed by atoms with van der Waals surface area (Å²) in [4.78, 5) is 42.7. The average molecular weight is 541 g/mol. The van der Waals surface area contributed by atoms with Crippen LogP contribution in [0.25, 0.3) is 5.76 Å². The zero-order chi connectivity index (χ0) is 28.5. The molecule has 0 aromatic heterocycles. The van der Waals surface area contributed by atoms with E-state index in [1.54, 1.807) is 14.1 Å². The molecular weight excluding hydrogens is 504 g/mol. The third-order valence-corrected chi connectivity index (χ3v) is 8.70. The van der Waals surface area contributed by atoms with Crippen LogP contribution in [-0.2, 0) is 27.3 Å². The van der Waals surface area contributed by atoms with Gasteiger partial charge in [0.1, 0.15) is 22.8 Å². The minimum absolute atomic E-state index is 0.0596. The molecule has 1 aromatic carbocycles. The van der Waals surface area contributed by atoms with Crippen LogP contribution in [0.1, 0.15) is 36.0 Å². The standard InChI is InChI=1S/C28H36N4O7/c1-31(2)17-9-14(11-30-10-12-5-6-12)22(33)19-15(17)7-13-8-16-21(32(3)4)24(35)20(27(29)38)26(37)28(16,39)25(36)18(13)23(19)34/h9,12-13,16,21,30,33-34,37,39H,5-8,10-11H2,1-4H3,(H2,29,38)/t13-,16-,21?,28-/m1/s1. The van der Waals surface area contributed by atoms with E-state index < -0.39 is 58.0 Å². The summed E-state index contributed by atoms with van der Waals surface area (Å²) in [6.45, 7) is 1.18. The number of phenolic OH excluding ortho intramolecular Hbond substituents is 1. The van der Waals surface area contributed by atoms with Gasteiger partial charge in [-0.3, -0.25) is 19.3 Å². The highest BCUT2D eigenvalue weighted by Gasteiger charge is 2.64. The number of likely N-dealkylation sites (N-methyl/N-ethyl adjacent to an activating group) is 1. The number of fused-ring (bicyclic) bond motifs is 3. The summed E-state index contributed by atoms with van der Waals surface area (Å²) in [6, 6.07) is 0.762. The fourth-order valence-electron chi connectivity index (χ4n) is 6.61. The minimum atomic E-state index is -2.64. The van der Waals surface area contributed by atoms with Gasteiger partial charge in [-0.15, -0.1) is 0 Å². The smallest absolute Gasteiger partial charge is 0.255 e. The van der Waals surface area contributed by atoms with Gasteiger partial charge < -0.3 is 36.4 Å². The molecule has 2 saturated carbocycles. The van der Waals surface area contributed by atoms with Crippen LogP contribution in [0, 0.1) is 17.8 Å². The Morgan fingerprint density at radius 1 is 1.15 bits per heavy atom. The quantitative estimate of drug-likeness (QED) is 0.267. The first-order valence-corrected chi connectivity index (χ1v) is 13.2. The molecule has 4 aliphatic carbocycles. The van der Waals surface area contributed by atoms with E-state index in [-0.39, 0.29) is 29.7 Å². The van der Waals surface area contributed by atoms with Gasteiger partial charge in [0.25, 0.3) is 5.91 Å². The highest BCUT2D eigenvalue weighted by Crippen LogP contribution is 2.54. The topological polar surface area (TPSA) is 177 Å². The molecule has 11 nitrogen and oxygen atoms in total. The summed E-state index contributed by atoms with van der Waals surface area (Å²) in [7, 11) is 6.86. The molecule has 0 heterocycles. The maximum Gasteiger partial charge on any atom is 0.255 e. The van der Waals surface area contributed by atoms with Crippen molar-refractivity contribution in [1.29, 1.82) is 0 Å². The fraction of sp³-hybridized carbons (Fsp3) is 0.536. The van der Waals surface area contributed by atoms with Crippen LogP contribution in [0.4, 0.5) is 5.69 Å². The van der Waals surface area contributed by atoms with Crippen molar-refractivity contribution in [2.45, 2.75) is 43.9 Å². The maximum atomic E-state index is 14.0. The number of rotatable bonds is 7. The van der Waals surface area contributed by atoms with Gasteiger partial charge in [0, 0.05) is 43.4 Å². The van der Waals surface area contributed by atoms with E-state index >= 15 is 0 Å². The molecule has 7 N–H and O–H groups in total. The highest BCUT2D eigenvalue weighted by molar-refractivity contribution is 6.24.